The monoisotopic (exact) mass is 450 g/mol. The minimum absolute atomic E-state index is 0.270. The second-order valence-corrected chi connectivity index (χ2v) is 9.43. The van der Waals surface area contributed by atoms with E-state index >= 15 is 0 Å². The summed E-state index contributed by atoms with van der Waals surface area (Å²) in [6.07, 6.45) is 6.94. The summed E-state index contributed by atoms with van der Waals surface area (Å²) in [7, 11) is -3.58. The van der Waals surface area contributed by atoms with Gasteiger partial charge in [0.15, 0.2) is 5.89 Å². The number of benzene rings is 1. The fourth-order valence-electron chi connectivity index (χ4n) is 3.74. The Morgan fingerprint density at radius 2 is 1.62 bits per heavy atom. The zero-order valence-corrected chi connectivity index (χ0v) is 18.3. The van der Waals surface area contributed by atoms with Gasteiger partial charge >= 0.3 is 0 Å². The van der Waals surface area contributed by atoms with E-state index in [1.165, 1.54) is 10.6 Å². The van der Waals surface area contributed by atoms with Gasteiger partial charge in [-0.05, 0) is 24.3 Å². The lowest BCUT2D eigenvalue weighted by molar-refractivity contribution is 0.383. The van der Waals surface area contributed by atoms with Crippen molar-refractivity contribution in [1.82, 2.24) is 23.8 Å². The van der Waals surface area contributed by atoms with Gasteiger partial charge in [0.05, 0.1) is 4.90 Å². The van der Waals surface area contributed by atoms with Gasteiger partial charge in [0.2, 0.25) is 10.0 Å². The van der Waals surface area contributed by atoms with Crippen LogP contribution in [0.2, 0.25) is 0 Å². The van der Waals surface area contributed by atoms with Crippen LogP contribution in [0.5, 0.6) is 0 Å². The highest BCUT2D eigenvalue weighted by molar-refractivity contribution is 7.89. The number of anilines is 1. The number of oxazole rings is 1. The van der Waals surface area contributed by atoms with Crippen molar-refractivity contribution in [2.75, 3.05) is 31.1 Å². The Hall–Kier alpha value is -3.50. The number of nitrogens with zero attached hydrogens (tertiary/aromatic N) is 6. The standard InChI is InChI=1S/C22H22N6O3S/c1-17-25-20(15-31-17)18-4-6-19(7-5-18)32(29,30)28-12-10-27(11-13-28)22-14-21(23-16-24-22)26-8-2-3-9-26/h2-9,14-16H,10-13H2,1H3. The first-order valence-corrected chi connectivity index (χ1v) is 11.7. The highest BCUT2D eigenvalue weighted by atomic mass is 32.2. The van der Waals surface area contributed by atoms with Crippen LogP contribution in [0.3, 0.4) is 0 Å². The first kappa shape index (κ1) is 20.4. The summed E-state index contributed by atoms with van der Waals surface area (Å²) in [5, 5.41) is 0. The predicted octanol–water partition coefficient (Wildman–Crippen LogP) is 2.74. The third kappa shape index (κ3) is 3.90. The van der Waals surface area contributed by atoms with Gasteiger partial charge in [0.25, 0.3) is 0 Å². The Kier molecular flexibility index (Phi) is 5.24. The van der Waals surface area contributed by atoms with E-state index in [0.717, 1.165) is 17.2 Å². The minimum Gasteiger partial charge on any atom is -0.449 e. The fourth-order valence-corrected chi connectivity index (χ4v) is 5.16. The molecule has 0 amide bonds. The first-order valence-electron chi connectivity index (χ1n) is 10.2. The maximum atomic E-state index is 13.1. The number of aromatic nitrogens is 4. The SMILES string of the molecule is Cc1nc(-c2ccc(S(=O)(=O)N3CCN(c4cc(-n5cccc5)ncn4)CC3)cc2)co1. The van der Waals surface area contributed by atoms with Crippen LogP contribution >= 0.6 is 0 Å². The summed E-state index contributed by atoms with van der Waals surface area (Å²) in [5.74, 6) is 2.13. The summed E-state index contributed by atoms with van der Waals surface area (Å²) in [4.78, 5) is 15.3. The average molecular weight is 451 g/mol. The predicted molar refractivity (Wildman–Crippen MR) is 119 cm³/mol. The van der Waals surface area contributed by atoms with Crippen molar-refractivity contribution in [3.8, 4) is 17.1 Å². The van der Waals surface area contributed by atoms with Crippen molar-refractivity contribution in [2.45, 2.75) is 11.8 Å². The Labute approximate surface area is 186 Å². The number of sulfonamides is 1. The molecular weight excluding hydrogens is 428 g/mol. The van der Waals surface area contributed by atoms with Crippen molar-refractivity contribution in [2.24, 2.45) is 0 Å². The fraction of sp³-hybridized carbons (Fsp3) is 0.227. The van der Waals surface area contributed by atoms with E-state index < -0.39 is 10.0 Å². The van der Waals surface area contributed by atoms with Crippen LogP contribution in [0.25, 0.3) is 17.1 Å². The molecule has 1 fully saturated rings. The second kappa shape index (κ2) is 8.21. The van der Waals surface area contributed by atoms with Crippen molar-refractivity contribution in [3.63, 3.8) is 0 Å². The van der Waals surface area contributed by atoms with Crippen molar-refractivity contribution in [3.05, 3.63) is 73.3 Å². The molecule has 1 saturated heterocycles. The van der Waals surface area contributed by atoms with E-state index in [1.807, 2.05) is 35.2 Å². The maximum absolute atomic E-state index is 13.1. The van der Waals surface area contributed by atoms with Crippen LogP contribution in [-0.4, -0.2) is 58.4 Å². The lowest BCUT2D eigenvalue weighted by atomic mass is 10.2. The molecular formula is C22H22N6O3S. The Bertz CT molecular complexity index is 1310. The van der Waals surface area contributed by atoms with E-state index in [2.05, 4.69) is 19.9 Å². The molecule has 0 N–H and O–H groups in total. The number of aryl methyl sites for hydroxylation is 1. The molecule has 3 aromatic heterocycles. The van der Waals surface area contributed by atoms with E-state index in [0.29, 0.717) is 37.8 Å². The summed E-state index contributed by atoms with van der Waals surface area (Å²) in [6.45, 7) is 3.64. The molecule has 0 unspecified atom stereocenters. The number of piperazine rings is 1. The molecule has 4 heterocycles. The second-order valence-electron chi connectivity index (χ2n) is 7.49. The molecule has 164 valence electrons. The molecule has 0 aliphatic carbocycles. The van der Waals surface area contributed by atoms with Gasteiger partial charge in [-0.1, -0.05) is 12.1 Å². The van der Waals surface area contributed by atoms with Crippen molar-refractivity contribution < 1.29 is 12.8 Å². The van der Waals surface area contributed by atoms with Gasteiger partial charge in [0, 0.05) is 57.1 Å². The Balaban J connectivity index is 1.28. The molecule has 10 heteroatoms. The highest BCUT2D eigenvalue weighted by Crippen LogP contribution is 2.24. The summed E-state index contributed by atoms with van der Waals surface area (Å²) in [5.41, 5.74) is 1.50. The maximum Gasteiger partial charge on any atom is 0.243 e. The lowest BCUT2D eigenvalue weighted by Crippen LogP contribution is -2.48. The van der Waals surface area contributed by atoms with Crippen molar-refractivity contribution >= 4 is 15.8 Å². The number of hydrogen-bond acceptors (Lipinski definition) is 7. The summed E-state index contributed by atoms with van der Waals surface area (Å²) < 4.78 is 34.9. The molecule has 0 saturated carbocycles. The third-order valence-electron chi connectivity index (χ3n) is 5.48. The number of rotatable bonds is 5. The van der Waals surface area contributed by atoms with E-state index in [9.17, 15) is 8.42 Å². The van der Waals surface area contributed by atoms with Crippen LogP contribution in [0.1, 0.15) is 5.89 Å². The van der Waals surface area contributed by atoms with Crippen LogP contribution in [-0.2, 0) is 10.0 Å². The van der Waals surface area contributed by atoms with Crippen LogP contribution < -0.4 is 4.90 Å². The molecule has 0 radical (unpaired) electrons. The molecule has 1 aliphatic heterocycles. The Morgan fingerprint density at radius 1 is 0.938 bits per heavy atom. The zero-order chi connectivity index (χ0) is 22.1. The van der Waals surface area contributed by atoms with Gasteiger partial charge in [-0.3, -0.25) is 0 Å². The molecule has 0 bridgehead atoms. The molecule has 4 aromatic rings. The third-order valence-corrected chi connectivity index (χ3v) is 7.39. The largest absolute Gasteiger partial charge is 0.449 e. The van der Waals surface area contributed by atoms with Crippen LogP contribution in [0.15, 0.2) is 76.8 Å². The van der Waals surface area contributed by atoms with E-state index in [4.69, 9.17) is 4.42 Å². The molecule has 1 aliphatic rings. The smallest absolute Gasteiger partial charge is 0.243 e. The topological polar surface area (TPSA) is 97.4 Å². The van der Waals surface area contributed by atoms with Crippen LogP contribution in [0.4, 0.5) is 5.82 Å². The van der Waals surface area contributed by atoms with Gasteiger partial charge in [0.1, 0.15) is 29.9 Å². The quantitative estimate of drug-likeness (QED) is 0.461. The van der Waals surface area contributed by atoms with Gasteiger partial charge in [-0.25, -0.2) is 23.4 Å². The molecule has 5 rings (SSSR count). The van der Waals surface area contributed by atoms with Gasteiger partial charge in [-0.15, -0.1) is 0 Å². The molecule has 32 heavy (non-hydrogen) atoms. The zero-order valence-electron chi connectivity index (χ0n) is 17.5. The molecule has 0 atom stereocenters. The number of hydrogen-bond donors (Lipinski definition) is 0. The summed E-state index contributed by atoms with van der Waals surface area (Å²) in [6, 6.07) is 12.5. The molecule has 0 spiro atoms. The first-order chi connectivity index (χ1) is 15.5. The Morgan fingerprint density at radius 3 is 2.28 bits per heavy atom. The van der Waals surface area contributed by atoms with Crippen LogP contribution in [0, 0.1) is 6.92 Å². The van der Waals surface area contributed by atoms with Gasteiger partial charge in [-0.2, -0.15) is 4.31 Å². The lowest BCUT2D eigenvalue weighted by Gasteiger charge is -2.34. The summed E-state index contributed by atoms with van der Waals surface area (Å²) >= 11 is 0. The average Bonchev–Trinajstić information content (AvgIpc) is 3.52. The molecule has 1 aromatic carbocycles. The highest BCUT2D eigenvalue weighted by Gasteiger charge is 2.29. The van der Waals surface area contributed by atoms with E-state index in [-0.39, 0.29) is 4.90 Å². The van der Waals surface area contributed by atoms with Crippen molar-refractivity contribution in [1.29, 1.82) is 0 Å². The van der Waals surface area contributed by atoms with Gasteiger partial charge < -0.3 is 13.9 Å². The molecule has 9 nitrogen and oxygen atoms in total. The minimum atomic E-state index is -3.58. The normalized spacial score (nSPS) is 15.2. The van der Waals surface area contributed by atoms with E-state index in [1.54, 1.807) is 37.5 Å².